The molecule has 0 saturated carbocycles. The molecular weight excluding hydrogens is 904 g/mol. The van der Waals surface area contributed by atoms with Gasteiger partial charge in [0, 0.05) is 12.8 Å². The number of quaternary nitrogens is 1. The summed E-state index contributed by atoms with van der Waals surface area (Å²) >= 11 is 0. The number of hydrogen-bond acceptors (Lipinski definition) is 6. The number of nitrogens with one attached hydrogen (secondary N) is 1. The topological polar surface area (TPSA) is 111 Å². The van der Waals surface area contributed by atoms with Gasteiger partial charge in [0.1, 0.15) is 19.3 Å². The van der Waals surface area contributed by atoms with Gasteiger partial charge in [-0.15, -0.1) is 0 Å². The number of phosphoric ester groups is 1. The van der Waals surface area contributed by atoms with E-state index in [1.165, 1.54) is 96.3 Å². The molecule has 2 N–H and O–H groups in total. The first-order chi connectivity index (χ1) is 34.4. The molecule has 0 aromatic rings. The van der Waals surface area contributed by atoms with E-state index in [0.717, 1.165) is 89.9 Å². The molecule has 0 aliphatic carbocycles. The van der Waals surface area contributed by atoms with Gasteiger partial charge in [-0.3, -0.25) is 18.6 Å². The predicted molar refractivity (Wildman–Crippen MR) is 304 cm³/mol. The quantitative estimate of drug-likeness (QED) is 0.0205. The van der Waals surface area contributed by atoms with Crippen molar-refractivity contribution in [1.29, 1.82) is 0 Å². The van der Waals surface area contributed by atoms with Crippen molar-refractivity contribution in [2.75, 3.05) is 40.9 Å². The summed E-state index contributed by atoms with van der Waals surface area (Å²) in [6.45, 7) is 6.80. The summed E-state index contributed by atoms with van der Waals surface area (Å²) < 4.78 is 30.5. The SMILES string of the molecule is CC/C=C\C/C=C\C/C=C\C/C=C\C/C=C\C/C=C\CCC(=O)NC(COP(=O)(O)OCC[N+](C)(C)C)C(/C=C\CCCCCCCCCCC)OC(=O)CCCCCCCCC/C=C\CCCCCC. The first kappa shape index (κ1) is 67.9. The zero-order valence-electron chi connectivity index (χ0n) is 46.4. The summed E-state index contributed by atoms with van der Waals surface area (Å²) in [6.07, 6.45) is 67.0. The van der Waals surface area contributed by atoms with Crippen LogP contribution in [0.1, 0.15) is 226 Å². The fourth-order valence-corrected chi connectivity index (χ4v) is 8.34. The smallest absolute Gasteiger partial charge is 0.456 e. The number of phosphoric acid groups is 1. The monoisotopic (exact) mass is 1010 g/mol. The van der Waals surface area contributed by atoms with Crippen molar-refractivity contribution in [3.8, 4) is 0 Å². The average Bonchev–Trinajstić information content (AvgIpc) is 3.33. The molecule has 0 fully saturated rings. The second kappa shape index (κ2) is 50.5. The lowest BCUT2D eigenvalue weighted by Crippen LogP contribution is -2.47. The van der Waals surface area contributed by atoms with Crippen LogP contribution in [-0.4, -0.2) is 74.3 Å². The van der Waals surface area contributed by atoms with Crippen LogP contribution in [0.4, 0.5) is 0 Å². The highest BCUT2D eigenvalue weighted by Gasteiger charge is 2.30. The van der Waals surface area contributed by atoms with Crippen molar-refractivity contribution in [2.24, 2.45) is 0 Å². The Morgan fingerprint density at radius 2 is 0.915 bits per heavy atom. The van der Waals surface area contributed by atoms with Gasteiger partial charge >= 0.3 is 13.8 Å². The average molecular weight is 1010 g/mol. The Balaban J connectivity index is 5.45. The van der Waals surface area contributed by atoms with Crippen LogP contribution in [0.5, 0.6) is 0 Å². The number of likely N-dealkylation sites (N-methyl/N-ethyl adjacent to an activating group) is 1. The highest BCUT2D eigenvalue weighted by atomic mass is 31.2. The lowest BCUT2D eigenvalue weighted by Gasteiger charge is -2.27. The van der Waals surface area contributed by atoms with Gasteiger partial charge in [0.25, 0.3) is 0 Å². The molecule has 1 amide bonds. The first-order valence-electron chi connectivity index (χ1n) is 28.6. The number of rotatable bonds is 50. The van der Waals surface area contributed by atoms with E-state index in [-0.39, 0.29) is 37.9 Å². The molecule has 10 heteroatoms. The molecule has 0 spiro atoms. The minimum atomic E-state index is -4.47. The molecule has 0 radical (unpaired) electrons. The van der Waals surface area contributed by atoms with Crippen LogP contribution in [0.3, 0.4) is 0 Å². The van der Waals surface area contributed by atoms with Crippen molar-refractivity contribution in [1.82, 2.24) is 5.32 Å². The summed E-state index contributed by atoms with van der Waals surface area (Å²) in [5.74, 6) is -0.614. The third-order valence-corrected chi connectivity index (χ3v) is 13.0. The number of unbranched alkanes of at least 4 members (excludes halogenated alkanes) is 20. The van der Waals surface area contributed by atoms with E-state index in [0.29, 0.717) is 17.4 Å². The molecule has 9 nitrogen and oxygen atoms in total. The zero-order chi connectivity index (χ0) is 52.2. The molecule has 0 heterocycles. The van der Waals surface area contributed by atoms with E-state index in [2.05, 4.69) is 99.0 Å². The Labute approximate surface area is 437 Å². The maximum atomic E-state index is 13.5. The minimum absolute atomic E-state index is 0.0217. The van der Waals surface area contributed by atoms with Gasteiger partial charge in [0.05, 0.1) is 33.8 Å². The Hall–Kier alpha value is -3.07. The minimum Gasteiger partial charge on any atom is -0.456 e. The van der Waals surface area contributed by atoms with E-state index in [4.69, 9.17) is 13.8 Å². The standard InChI is InChI=1S/C61H107N2O7P/c1-7-10-13-16-19-22-25-27-29-30-31-32-34-35-38-41-44-47-50-53-60(64)62-58(57-69-71(66,67)68-56-55-63(4,5)6)59(52-49-46-43-40-37-24-21-18-15-12-9-3)70-61(65)54-51-48-45-42-39-36-33-28-26-23-20-17-14-11-8-2/h10,13,19,22-23,26-27,29,31-32,35,38,44,47,49,52,58-59H,7-9,11-12,14-18,20-21,24-25,28,30,33-34,36-37,39-43,45-46,48,50-51,53-57H2,1-6H3,(H-,62,64,66,67)/p+1/b13-10-,22-19-,26-23-,29-27-,32-31-,38-35-,47-44-,52-49-. The van der Waals surface area contributed by atoms with Gasteiger partial charge in [-0.1, -0.05) is 215 Å². The lowest BCUT2D eigenvalue weighted by atomic mass is 10.1. The van der Waals surface area contributed by atoms with Crippen molar-refractivity contribution >= 4 is 19.7 Å². The number of esters is 1. The van der Waals surface area contributed by atoms with E-state index >= 15 is 0 Å². The Morgan fingerprint density at radius 3 is 1.39 bits per heavy atom. The van der Waals surface area contributed by atoms with E-state index < -0.39 is 20.0 Å². The largest absolute Gasteiger partial charge is 0.472 e. The molecule has 0 aliphatic heterocycles. The van der Waals surface area contributed by atoms with Crippen LogP contribution in [-0.2, 0) is 27.9 Å². The molecule has 0 aromatic carbocycles. The fraction of sp³-hybridized carbons (Fsp3) is 0.705. The second-order valence-electron chi connectivity index (χ2n) is 20.1. The molecule has 0 saturated heterocycles. The Kier molecular flexibility index (Phi) is 48.3. The third-order valence-electron chi connectivity index (χ3n) is 12.0. The van der Waals surface area contributed by atoms with Gasteiger partial charge in [-0.25, -0.2) is 4.57 Å². The zero-order valence-corrected chi connectivity index (χ0v) is 47.3. The molecule has 0 bridgehead atoms. The van der Waals surface area contributed by atoms with E-state index in [9.17, 15) is 19.0 Å². The summed E-state index contributed by atoms with van der Waals surface area (Å²) in [7, 11) is 1.44. The summed E-state index contributed by atoms with van der Waals surface area (Å²) in [5, 5.41) is 2.99. The number of nitrogens with zero attached hydrogens (tertiary/aromatic N) is 1. The maximum Gasteiger partial charge on any atom is 0.472 e. The molecule has 0 aliphatic rings. The number of hydrogen-bond donors (Lipinski definition) is 2. The van der Waals surface area contributed by atoms with Crippen molar-refractivity contribution < 1.29 is 37.3 Å². The van der Waals surface area contributed by atoms with Crippen LogP contribution < -0.4 is 5.32 Å². The summed E-state index contributed by atoms with van der Waals surface area (Å²) in [4.78, 5) is 37.5. The Morgan fingerprint density at radius 1 is 0.507 bits per heavy atom. The van der Waals surface area contributed by atoms with Crippen molar-refractivity contribution in [2.45, 2.75) is 238 Å². The number of amides is 1. The lowest BCUT2D eigenvalue weighted by molar-refractivity contribution is -0.870. The van der Waals surface area contributed by atoms with Crippen LogP contribution in [0.15, 0.2) is 97.2 Å². The van der Waals surface area contributed by atoms with Crippen LogP contribution in [0, 0.1) is 0 Å². The molecule has 3 unspecified atom stereocenters. The normalized spacial score (nSPS) is 14.5. The molecule has 3 atom stereocenters. The van der Waals surface area contributed by atoms with Gasteiger partial charge in [0.2, 0.25) is 5.91 Å². The Bertz CT molecular complexity index is 1540. The third kappa shape index (κ3) is 51.6. The fourth-order valence-electron chi connectivity index (χ4n) is 7.60. The van der Waals surface area contributed by atoms with Crippen LogP contribution >= 0.6 is 7.82 Å². The van der Waals surface area contributed by atoms with Gasteiger partial charge in [-0.2, -0.15) is 0 Å². The summed E-state index contributed by atoms with van der Waals surface area (Å²) in [5.41, 5.74) is 0. The highest BCUT2D eigenvalue weighted by Crippen LogP contribution is 2.43. The molecular formula is C61H108N2O7P+. The second-order valence-corrected chi connectivity index (χ2v) is 21.5. The van der Waals surface area contributed by atoms with Gasteiger partial charge < -0.3 is 19.4 Å². The van der Waals surface area contributed by atoms with Crippen molar-refractivity contribution in [3.63, 3.8) is 0 Å². The predicted octanol–water partition coefficient (Wildman–Crippen LogP) is 17.2. The molecule has 0 aromatic heterocycles. The van der Waals surface area contributed by atoms with E-state index in [1.807, 2.05) is 45.4 Å². The molecule has 0 rings (SSSR count). The van der Waals surface area contributed by atoms with Gasteiger partial charge in [0.15, 0.2) is 0 Å². The number of allylic oxidation sites excluding steroid dienone is 15. The van der Waals surface area contributed by atoms with Gasteiger partial charge in [-0.05, 0) is 96.0 Å². The number of ether oxygens (including phenoxy) is 1. The van der Waals surface area contributed by atoms with Crippen LogP contribution in [0.25, 0.3) is 0 Å². The number of carbonyl (C=O) groups is 2. The maximum absolute atomic E-state index is 13.5. The van der Waals surface area contributed by atoms with Crippen molar-refractivity contribution in [3.05, 3.63) is 97.2 Å². The van der Waals surface area contributed by atoms with E-state index in [1.54, 1.807) is 0 Å². The number of carbonyl (C=O) groups excluding carboxylic acids is 2. The first-order valence-corrected chi connectivity index (χ1v) is 30.1. The highest BCUT2D eigenvalue weighted by molar-refractivity contribution is 7.47. The van der Waals surface area contributed by atoms with Crippen LogP contribution in [0.2, 0.25) is 0 Å². The molecule has 71 heavy (non-hydrogen) atoms. The summed E-state index contributed by atoms with van der Waals surface area (Å²) in [6, 6.07) is -0.894. The molecule has 408 valence electrons.